The van der Waals surface area contributed by atoms with Gasteiger partial charge in [-0.15, -0.1) is 0 Å². The van der Waals surface area contributed by atoms with Gasteiger partial charge in [-0.3, -0.25) is 4.68 Å². The monoisotopic (exact) mass is 241 g/mol. The van der Waals surface area contributed by atoms with Crippen LogP contribution in [0.15, 0.2) is 36.4 Å². The Morgan fingerprint density at radius 2 is 1.83 bits per heavy atom. The number of aryl methyl sites for hydroxylation is 1. The van der Waals surface area contributed by atoms with E-state index in [9.17, 15) is 0 Å². The summed E-state index contributed by atoms with van der Waals surface area (Å²) < 4.78 is 1.97. The molecule has 2 N–H and O–H groups in total. The third kappa shape index (κ3) is 1.58. The van der Waals surface area contributed by atoms with Crippen molar-refractivity contribution in [1.82, 2.24) is 9.78 Å². The molecule has 3 heteroatoms. The van der Waals surface area contributed by atoms with Crippen molar-refractivity contribution in [3.05, 3.63) is 42.1 Å². The molecule has 0 aliphatic heterocycles. The molecule has 94 valence electrons. The number of nitrogens with zero attached hydrogens (tertiary/aromatic N) is 2. The van der Waals surface area contributed by atoms with Crippen molar-refractivity contribution >= 4 is 0 Å². The first-order valence-electron chi connectivity index (χ1n) is 6.37. The summed E-state index contributed by atoms with van der Waals surface area (Å²) in [6, 6.07) is 12.7. The lowest BCUT2D eigenvalue weighted by molar-refractivity contribution is 0.581. The second-order valence-corrected chi connectivity index (χ2v) is 5.77. The number of hydrogen-bond donors (Lipinski definition) is 1. The summed E-state index contributed by atoms with van der Waals surface area (Å²) in [5.74, 6) is 0.424. The summed E-state index contributed by atoms with van der Waals surface area (Å²) in [7, 11) is 2.00. The van der Waals surface area contributed by atoms with Crippen molar-refractivity contribution in [3.63, 3.8) is 0 Å². The fourth-order valence-corrected chi connectivity index (χ4v) is 2.77. The molecule has 2 atom stereocenters. The standard InChI is InChI=1S/C15H19N3/c1-15(2)13(14(15)16)12-9-11(17-18(12)3)10-7-5-4-6-8-10/h4-9,13-14H,16H2,1-3H3/t13-,14-/m1/s1. The van der Waals surface area contributed by atoms with Crippen molar-refractivity contribution in [2.75, 3.05) is 0 Å². The lowest BCUT2D eigenvalue weighted by Crippen LogP contribution is -2.07. The zero-order valence-electron chi connectivity index (χ0n) is 11.1. The molecule has 0 unspecified atom stereocenters. The maximum Gasteiger partial charge on any atom is 0.0926 e. The smallest absolute Gasteiger partial charge is 0.0926 e. The van der Waals surface area contributed by atoms with Gasteiger partial charge in [0.25, 0.3) is 0 Å². The second-order valence-electron chi connectivity index (χ2n) is 5.77. The molecule has 0 saturated heterocycles. The Bertz CT molecular complexity index is 569. The first-order valence-corrected chi connectivity index (χ1v) is 6.37. The van der Waals surface area contributed by atoms with E-state index < -0.39 is 0 Å². The molecular formula is C15H19N3. The van der Waals surface area contributed by atoms with Gasteiger partial charge in [0.15, 0.2) is 0 Å². The van der Waals surface area contributed by atoms with Crippen LogP contribution in [-0.2, 0) is 7.05 Å². The number of rotatable bonds is 2. The topological polar surface area (TPSA) is 43.8 Å². The van der Waals surface area contributed by atoms with Crippen molar-refractivity contribution < 1.29 is 0 Å². The fraction of sp³-hybridized carbons (Fsp3) is 0.400. The van der Waals surface area contributed by atoms with Crippen LogP contribution in [-0.4, -0.2) is 15.8 Å². The molecule has 1 aromatic carbocycles. The third-order valence-corrected chi connectivity index (χ3v) is 4.21. The first-order chi connectivity index (χ1) is 8.51. The molecule has 0 bridgehead atoms. The van der Waals surface area contributed by atoms with E-state index in [-0.39, 0.29) is 11.5 Å². The van der Waals surface area contributed by atoms with Gasteiger partial charge in [-0.05, 0) is 11.5 Å². The number of aromatic nitrogens is 2. The van der Waals surface area contributed by atoms with E-state index in [0.29, 0.717) is 5.92 Å². The molecule has 1 aliphatic rings. The van der Waals surface area contributed by atoms with Gasteiger partial charge in [0, 0.05) is 30.3 Å². The van der Waals surface area contributed by atoms with E-state index >= 15 is 0 Å². The first kappa shape index (κ1) is 11.5. The minimum absolute atomic E-state index is 0.196. The predicted octanol–water partition coefficient (Wildman–Crippen LogP) is 2.54. The normalized spacial score (nSPS) is 25.1. The highest BCUT2D eigenvalue weighted by molar-refractivity contribution is 5.59. The Hall–Kier alpha value is -1.61. The van der Waals surface area contributed by atoms with Crippen LogP contribution in [0.5, 0.6) is 0 Å². The Labute approximate surface area is 108 Å². The average Bonchev–Trinajstić information content (AvgIpc) is 2.70. The van der Waals surface area contributed by atoms with Crippen LogP contribution >= 0.6 is 0 Å². The van der Waals surface area contributed by atoms with Gasteiger partial charge in [0.2, 0.25) is 0 Å². The highest BCUT2D eigenvalue weighted by Gasteiger charge is 2.57. The Balaban J connectivity index is 1.98. The van der Waals surface area contributed by atoms with Crippen LogP contribution in [0.4, 0.5) is 0 Å². The van der Waals surface area contributed by atoms with Gasteiger partial charge in [-0.1, -0.05) is 44.2 Å². The van der Waals surface area contributed by atoms with E-state index in [1.165, 1.54) is 5.69 Å². The van der Waals surface area contributed by atoms with Crippen LogP contribution in [0.1, 0.15) is 25.5 Å². The molecule has 0 spiro atoms. The largest absolute Gasteiger partial charge is 0.327 e. The minimum Gasteiger partial charge on any atom is -0.327 e. The molecule has 1 saturated carbocycles. The summed E-state index contributed by atoms with van der Waals surface area (Å²) in [6.45, 7) is 4.44. The maximum atomic E-state index is 6.15. The molecule has 1 aliphatic carbocycles. The van der Waals surface area contributed by atoms with Gasteiger partial charge in [0.05, 0.1) is 5.69 Å². The Morgan fingerprint density at radius 3 is 2.39 bits per heavy atom. The van der Waals surface area contributed by atoms with Crippen LogP contribution < -0.4 is 5.73 Å². The van der Waals surface area contributed by atoms with Crippen molar-refractivity contribution in [1.29, 1.82) is 0 Å². The third-order valence-electron chi connectivity index (χ3n) is 4.21. The van der Waals surface area contributed by atoms with Crippen LogP contribution in [0.3, 0.4) is 0 Å². The maximum absolute atomic E-state index is 6.15. The van der Waals surface area contributed by atoms with Crippen molar-refractivity contribution in [2.45, 2.75) is 25.8 Å². The highest BCUT2D eigenvalue weighted by atomic mass is 15.3. The lowest BCUT2D eigenvalue weighted by Gasteiger charge is -2.01. The molecule has 18 heavy (non-hydrogen) atoms. The van der Waals surface area contributed by atoms with Gasteiger partial charge >= 0.3 is 0 Å². The van der Waals surface area contributed by atoms with Gasteiger partial charge in [-0.25, -0.2) is 0 Å². The molecule has 3 nitrogen and oxygen atoms in total. The minimum atomic E-state index is 0.196. The van der Waals surface area contributed by atoms with Gasteiger partial charge in [-0.2, -0.15) is 5.10 Å². The van der Waals surface area contributed by atoms with E-state index in [1.54, 1.807) is 0 Å². The molecule has 1 fully saturated rings. The summed E-state index contributed by atoms with van der Waals surface area (Å²) in [5, 5.41) is 4.60. The summed E-state index contributed by atoms with van der Waals surface area (Å²) >= 11 is 0. The summed E-state index contributed by atoms with van der Waals surface area (Å²) in [4.78, 5) is 0. The SMILES string of the molecule is Cn1nc(-c2ccccc2)cc1[C@@H]1[C@@H](N)C1(C)C. The summed E-state index contributed by atoms with van der Waals surface area (Å²) in [6.07, 6.45) is 0. The van der Waals surface area contributed by atoms with E-state index in [4.69, 9.17) is 5.73 Å². The molecular weight excluding hydrogens is 222 g/mol. The fourth-order valence-electron chi connectivity index (χ4n) is 2.77. The van der Waals surface area contributed by atoms with E-state index in [0.717, 1.165) is 11.3 Å². The highest BCUT2D eigenvalue weighted by Crippen LogP contribution is 2.57. The van der Waals surface area contributed by atoms with Crippen molar-refractivity contribution in [2.24, 2.45) is 18.2 Å². The van der Waals surface area contributed by atoms with Crippen molar-refractivity contribution in [3.8, 4) is 11.3 Å². The van der Waals surface area contributed by atoms with Gasteiger partial charge in [0.1, 0.15) is 0 Å². The molecule has 2 aromatic rings. The zero-order valence-corrected chi connectivity index (χ0v) is 11.1. The quantitative estimate of drug-likeness (QED) is 0.878. The van der Waals surface area contributed by atoms with E-state index in [1.807, 2.05) is 29.9 Å². The van der Waals surface area contributed by atoms with Crippen LogP contribution in [0.2, 0.25) is 0 Å². The molecule has 0 amide bonds. The van der Waals surface area contributed by atoms with E-state index in [2.05, 4.69) is 37.1 Å². The average molecular weight is 241 g/mol. The molecule has 1 heterocycles. The molecule has 3 rings (SSSR count). The van der Waals surface area contributed by atoms with Crippen LogP contribution in [0, 0.1) is 5.41 Å². The number of nitrogens with two attached hydrogens (primary N) is 1. The van der Waals surface area contributed by atoms with Gasteiger partial charge < -0.3 is 5.73 Å². The predicted molar refractivity (Wildman–Crippen MR) is 73.1 cm³/mol. The second kappa shape index (κ2) is 3.69. The Morgan fingerprint density at radius 1 is 1.22 bits per heavy atom. The molecule has 0 radical (unpaired) electrons. The van der Waals surface area contributed by atoms with Crippen LogP contribution in [0.25, 0.3) is 11.3 Å². The molecule has 1 aromatic heterocycles. The Kier molecular flexibility index (Phi) is 2.35. The summed E-state index contributed by atoms with van der Waals surface area (Å²) in [5.41, 5.74) is 9.78. The number of hydrogen-bond acceptors (Lipinski definition) is 2. The number of benzene rings is 1. The zero-order chi connectivity index (χ0) is 12.9. The lowest BCUT2D eigenvalue weighted by atomic mass is 10.1.